The number of hydrogen-bond acceptors (Lipinski definition) is 2. The number of ketones is 1. The summed E-state index contributed by atoms with van der Waals surface area (Å²) < 4.78 is 0. The van der Waals surface area contributed by atoms with Gasteiger partial charge >= 0.3 is 0 Å². The van der Waals surface area contributed by atoms with Crippen LogP contribution in [0.1, 0.15) is 51.1 Å². The van der Waals surface area contributed by atoms with Crippen molar-refractivity contribution in [1.29, 1.82) is 0 Å². The molecule has 2 aromatic rings. The average Bonchev–Trinajstić information content (AvgIpc) is 2.62. The zero-order valence-corrected chi connectivity index (χ0v) is 13.4. The topological polar surface area (TPSA) is 37.4 Å². The Kier molecular flexibility index (Phi) is 4.56. The predicted octanol–water partition coefficient (Wildman–Crippen LogP) is 3.85. The highest BCUT2D eigenvalue weighted by molar-refractivity contribution is 6.10. The summed E-state index contributed by atoms with van der Waals surface area (Å²) in [6, 6.07) is 14.6. The molecule has 0 atom stereocenters. The van der Waals surface area contributed by atoms with E-state index in [0.717, 1.165) is 31.5 Å². The third-order valence-electron chi connectivity index (χ3n) is 4.40. The van der Waals surface area contributed by atoms with Crippen LogP contribution < -0.4 is 0 Å². The Morgan fingerprint density at radius 2 is 1.57 bits per heavy atom. The molecule has 0 unspecified atom stereocenters. The minimum absolute atomic E-state index is 0.0000662. The van der Waals surface area contributed by atoms with Crippen LogP contribution in [0, 0.1) is 6.92 Å². The molecule has 1 heterocycles. The predicted molar refractivity (Wildman–Crippen MR) is 90.8 cm³/mol. The number of carbonyl (C=O) groups excluding carboxylic acids is 2. The lowest BCUT2D eigenvalue weighted by Crippen LogP contribution is -2.35. The molecule has 1 fully saturated rings. The van der Waals surface area contributed by atoms with Gasteiger partial charge in [-0.25, -0.2) is 0 Å². The Labute approximate surface area is 136 Å². The van der Waals surface area contributed by atoms with Gasteiger partial charge in [0.15, 0.2) is 5.78 Å². The fraction of sp³-hybridized carbons (Fsp3) is 0.300. The van der Waals surface area contributed by atoms with Gasteiger partial charge in [0.25, 0.3) is 5.91 Å². The van der Waals surface area contributed by atoms with E-state index in [0.29, 0.717) is 16.7 Å². The molecule has 0 radical (unpaired) electrons. The van der Waals surface area contributed by atoms with E-state index < -0.39 is 0 Å². The summed E-state index contributed by atoms with van der Waals surface area (Å²) in [6.45, 7) is 3.56. The highest BCUT2D eigenvalue weighted by Gasteiger charge is 2.19. The Hall–Kier alpha value is -2.42. The van der Waals surface area contributed by atoms with Gasteiger partial charge in [0, 0.05) is 29.8 Å². The van der Waals surface area contributed by atoms with Gasteiger partial charge < -0.3 is 4.90 Å². The fourth-order valence-corrected chi connectivity index (χ4v) is 3.08. The summed E-state index contributed by atoms with van der Waals surface area (Å²) in [7, 11) is 0. The summed E-state index contributed by atoms with van der Waals surface area (Å²) in [5.74, 6) is 0.0755. The van der Waals surface area contributed by atoms with Crippen molar-refractivity contribution < 1.29 is 9.59 Å². The quantitative estimate of drug-likeness (QED) is 0.808. The van der Waals surface area contributed by atoms with Gasteiger partial charge in [-0.15, -0.1) is 0 Å². The van der Waals surface area contributed by atoms with E-state index in [1.165, 1.54) is 6.42 Å². The Balaban J connectivity index is 1.83. The maximum atomic E-state index is 12.6. The molecule has 2 aromatic carbocycles. The van der Waals surface area contributed by atoms with Gasteiger partial charge in [-0.05, 0) is 49.9 Å². The Morgan fingerprint density at radius 3 is 2.22 bits per heavy atom. The summed E-state index contributed by atoms with van der Waals surface area (Å²) in [6.07, 6.45) is 3.36. The highest BCUT2D eigenvalue weighted by atomic mass is 16.2. The first-order valence-corrected chi connectivity index (χ1v) is 8.16. The molecule has 0 spiro atoms. The van der Waals surface area contributed by atoms with Crippen molar-refractivity contribution in [3.63, 3.8) is 0 Å². The van der Waals surface area contributed by atoms with Gasteiger partial charge in [0.05, 0.1) is 0 Å². The van der Waals surface area contributed by atoms with Crippen LogP contribution in [0.15, 0.2) is 48.5 Å². The second-order valence-electron chi connectivity index (χ2n) is 6.08. The zero-order valence-electron chi connectivity index (χ0n) is 13.4. The molecule has 1 saturated heterocycles. The van der Waals surface area contributed by atoms with Crippen LogP contribution in [-0.2, 0) is 0 Å². The number of amides is 1. The lowest BCUT2D eigenvalue weighted by Gasteiger charge is -2.27. The van der Waals surface area contributed by atoms with E-state index in [1.807, 2.05) is 48.2 Å². The summed E-state index contributed by atoms with van der Waals surface area (Å²) in [5, 5.41) is 0. The fourth-order valence-electron chi connectivity index (χ4n) is 3.08. The number of carbonyl (C=O) groups is 2. The van der Waals surface area contributed by atoms with Crippen LogP contribution >= 0.6 is 0 Å². The third kappa shape index (κ3) is 3.34. The van der Waals surface area contributed by atoms with E-state index in [2.05, 4.69) is 0 Å². The number of rotatable bonds is 3. The van der Waals surface area contributed by atoms with Gasteiger partial charge in [0.2, 0.25) is 0 Å². The molecule has 1 aliphatic heterocycles. The van der Waals surface area contributed by atoms with E-state index in [-0.39, 0.29) is 11.7 Å². The first kappa shape index (κ1) is 15.5. The monoisotopic (exact) mass is 307 g/mol. The third-order valence-corrected chi connectivity index (χ3v) is 4.40. The van der Waals surface area contributed by atoms with Gasteiger partial charge in [-0.1, -0.05) is 30.3 Å². The molecule has 0 aromatic heterocycles. The van der Waals surface area contributed by atoms with Crippen molar-refractivity contribution in [3.05, 3.63) is 70.8 Å². The lowest BCUT2D eigenvalue weighted by atomic mass is 9.97. The minimum Gasteiger partial charge on any atom is -0.339 e. The normalized spacial score (nSPS) is 14.6. The molecule has 0 N–H and O–H groups in total. The smallest absolute Gasteiger partial charge is 0.253 e. The highest BCUT2D eigenvalue weighted by Crippen LogP contribution is 2.19. The molecule has 1 aliphatic rings. The Bertz CT molecular complexity index is 716. The molecule has 0 saturated carbocycles. The van der Waals surface area contributed by atoms with E-state index in [1.54, 1.807) is 12.1 Å². The van der Waals surface area contributed by atoms with Gasteiger partial charge in [-0.3, -0.25) is 9.59 Å². The number of nitrogens with zero attached hydrogens (tertiary/aromatic N) is 1. The number of benzene rings is 2. The van der Waals surface area contributed by atoms with Crippen molar-refractivity contribution in [2.45, 2.75) is 26.2 Å². The Morgan fingerprint density at radius 1 is 0.870 bits per heavy atom. The number of hydrogen-bond donors (Lipinski definition) is 0. The largest absolute Gasteiger partial charge is 0.339 e. The maximum absolute atomic E-state index is 12.6. The maximum Gasteiger partial charge on any atom is 0.253 e. The van der Waals surface area contributed by atoms with Crippen LogP contribution in [0.25, 0.3) is 0 Å². The summed E-state index contributed by atoms with van der Waals surface area (Å²) in [4.78, 5) is 27.0. The number of likely N-dealkylation sites (tertiary alicyclic amines) is 1. The van der Waals surface area contributed by atoms with Crippen molar-refractivity contribution >= 4 is 11.7 Å². The standard InChI is InChI=1S/C20H21NO2/c1-15-14-17(20(23)21-12-6-3-7-13-21)10-11-18(15)19(22)16-8-4-2-5-9-16/h2,4-5,8-11,14H,3,6-7,12-13H2,1H3. The number of piperidine rings is 1. The second kappa shape index (κ2) is 6.78. The molecule has 0 bridgehead atoms. The van der Waals surface area contributed by atoms with Crippen LogP contribution in [0.5, 0.6) is 0 Å². The van der Waals surface area contributed by atoms with Crippen molar-refractivity contribution in [2.24, 2.45) is 0 Å². The summed E-state index contributed by atoms with van der Waals surface area (Å²) >= 11 is 0. The van der Waals surface area contributed by atoms with E-state index >= 15 is 0 Å². The van der Waals surface area contributed by atoms with E-state index in [4.69, 9.17) is 0 Å². The zero-order chi connectivity index (χ0) is 16.2. The minimum atomic E-state index is 0.0000662. The van der Waals surface area contributed by atoms with E-state index in [9.17, 15) is 9.59 Å². The SMILES string of the molecule is Cc1cc(C(=O)N2CCCCC2)ccc1C(=O)c1ccccc1. The van der Waals surface area contributed by atoms with Crippen LogP contribution in [0.2, 0.25) is 0 Å². The van der Waals surface area contributed by atoms with Crippen molar-refractivity contribution in [2.75, 3.05) is 13.1 Å². The molecule has 1 amide bonds. The molecule has 3 heteroatoms. The van der Waals surface area contributed by atoms with Crippen LogP contribution in [0.4, 0.5) is 0 Å². The molecule has 118 valence electrons. The molecule has 3 rings (SSSR count). The number of aryl methyl sites for hydroxylation is 1. The van der Waals surface area contributed by atoms with Crippen LogP contribution in [-0.4, -0.2) is 29.7 Å². The second-order valence-corrected chi connectivity index (χ2v) is 6.08. The molecule has 23 heavy (non-hydrogen) atoms. The molecular weight excluding hydrogens is 286 g/mol. The van der Waals surface area contributed by atoms with Gasteiger partial charge in [-0.2, -0.15) is 0 Å². The van der Waals surface area contributed by atoms with Gasteiger partial charge in [0.1, 0.15) is 0 Å². The molecule has 0 aliphatic carbocycles. The first-order chi connectivity index (χ1) is 11.2. The van der Waals surface area contributed by atoms with Crippen molar-refractivity contribution in [3.8, 4) is 0 Å². The summed E-state index contributed by atoms with van der Waals surface area (Å²) in [5.41, 5.74) is 2.85. The average molecular weight is 307 g/mol. The first-order valence-electron chi connectivity index (χ1n) is 8.16. The molecular formula is C20H21NO2. The van der Waals surface area contributed by atoms with Crippen LogP contribution in [0.3, 0.4) is 0 Å². The van der Waals surface area contributed by atoms with Crippen molar-refractivity contribution in [1.82, 2.24) is 4.90 Å². The molecule has 3 nitrogen and oxygen atoms in total. The lowest BCUT2D eigenvalue weighted by molar-refractivity contribution is 0.0724.